The summed E-state index contributed by atoms with van der Waals surface area (Å²) in [6.45, 7) is 1.96. The summed E-state index contributed by atoms with van der Waals surface area (Å²) in [6, 6.07) is 15.7. The van der Waals surface area contributed by atoms with E-state index in [-0.39, 0.29) is 12.6 Å². The average molecular weight is 332 g/mol. The number of carbonyl (C=O) groups excluding carboxylic acids is 2. The number of anilines is 1. The molecule has 0 aromatic heterocycles. The summed E-state index contributed by atoms with van der Waals surface area (Å²) in [5.74, 6) is -0.403. The Morgan fingerprint density at radius 1 is 1.04 bits per heavy atom. The third-order valence-corrected chi connectivity index (χ3v) is 3.48. The molecule has 0 aliphatic rings. The zero-order chi connectivity index (χ0) is 16.7. The molecule has 2 aromatic rings. The fourth-order valence-corrected chi connectivity index (χ4v) is 2.10. The summed E-state index contributed by atoms with van der Waals surface area (Å²) < 4.78 is 0. The van der Waals surface area contributed by atoms with Crippen LogP contribution in [0.15, 0.2) is 54.6 Å². The zero-order valence-electron chi connectivity index (χ0n) is 12.7. The average Bonchev–Trinajstić information content (AvgIpc) is 2.54. The number of hydrogen-bond donors (Lipinski definition) is 3. The SMILES string of the molecule is C[C@@H](NCC(=O)NC(=O)Nc1ccccc1)c1ccc(Cl)cc1. The molecule has 6 heteroatoms. The third-order valence-electron chi connectivity index (χ3n) is 3.22. The molecule has 0 radical (unpaired) electrons. The van der Waals surface area contributed by atoms with E-state index in [9.17, 15) is 9.59 Å². The van der Waals surface area contributed by atoms with Gasteiger partial charge >= 0.3 is 6.03 Å². The van der Waals surface area contributed by atoms with E-state index < -0.39 is 11.9 Å². The zero-order valence-corrected chi connectivity index (χ0v) is 13.4. The van der Waals surface area contributed by atoms with Crippen LogP contribution in [-0.4, -0.2) is 18.5 Å². The van der Waals surface area contributed by atoms with Gasteiger partial charge in [-0.05, 0) is 36.8 Å². The lowest BCUT2D eigenvalue weighted by molar-refractivity contribution is -0.119. The first-order chi connectivity index (χ1) is 11.0. The molecule has 120 valence electrons. The van der Waals surface area contributed by atoms with Crippen LogP contribution in [0.25, 0.3) is 0 Å². The molecule has 0 spiro atoms. The van der Waals surface area contributed by atoms with Gasteiger partial charge in [-0.2, -0.15) is 0 Å². The molecule has 5 nitrogen and oxygen atoms in total. The second-order valence-corrected chi connectivity index (χ2v) is 5.46. The van der Waals surface area contributed by atoms with Crippen LogP contribution >= 0.6 is 11.6 Å². The molecule has 0 saturated heterocycles. The maximum absolute atomic E-state index is 11.8. The Bertz CT molecular complexity index is 659. The minimum atomic E-state index is -0.554. The number of urea groups is 1. The standard InChI is InChI=1S/C17H18ClN3O2/c1-12(13-7-9-14(18)10-8-13)19-11-16(22)21-17(23)20-15-5-3-2-4-6-15/h2-10,12,19H,11H2,1H3,(H2,20,21,22,23)/t12-/m1/s1. The minimum Gasteiger partial charge on any atom is -0.308 e. The van der Waals surface area contributed by atoms with Gasteiger partial charge in [0.25, 0.3) is 0 Å². The highest BCUT2D eigenvalue weighted by Crippen LogP contribution is 2.15. The minimum absolute atomic E-state index is 0.0322. The Morgan fingerprint density at radius 2 is 1.70 bits per heavy atom. The van der Waals surface area contributed by atoms with E-state index in [1.165, 1.54) is 0 Å². The Hall–Kier alpha value is -2.37. The molecule has 1 atom stereocenters. The van der Waals surface area contributed by atoms with Crippen molar-refractivity contribution in [2.75, 3.05) is 11.9 Å². The molecule has 0 saturated carbocycles. The highest BCUT2D eigenvalue weighted by molar-refractivity contribution is 6.30. The summed E-state index contributed by atoms with van der Waals surface area (Å²) >= 11 is 5.84. The van der Waals surface area contributed by atoms with E-state index in [1.54, 1.807) is 36.4 Å². The van der Waals surface area contributed by atoms with E-state index >= 15 is 0 Å². The van der Waals surface area contributed by atoms with Crippen molar-refractivity contribution < 1.29 is 9.59 Å². The summed E-state index contributed by atoms with van der Waals surface area (Å²) in [5, 5.41) is 8.57. The van der Waals surface area contributed by atoms with Crippen LogP contribution in [0.4, 0.5) is 10.5 Å². The number of halogens is 1. The molecule has 2 aromatic carbocycles. The number of benzene rings is 2. The largest absolute Gasteiger partial charge is 0.325 e. The molecule has 0 aliphatic carbocycles. The van der Waals surface area contributed by atoms with Gasteiger partial charge in [-0.1, -0.05) is 41.9 Å². The number of rotatable bonds is 5. The van der Waals surface area contributed by atoms with Gasteiger partial charge in [0, 0.05) is 16.8 Å². The molecule has 23 heavy (non-hydrogen) atoms. The lowest BCUT2D eigenvalue weighted by atomic mass is 10.1. The first-order valence-electron chi connectivity index (χ1n) is 7.19. The van der Waals surface area contributed by atoms with Crippen LogP contribution in [0.2, 0.25) is 5.02 Å². The van der Waals surface area contributed by atoms with Crippen molar-refractivity contribution in [2.45, 2.75) is 13.0 Å². The smallest absolute Gasteiger partial charge is 0.308 e. The van der Waals surface area contributed by atoms with Gasteiger partial charge in [0.1, 0.15) is 0 Å². The quantitative estimate of drug-likeness (QED) is 0.787. The van der Waals surface area contributed by atoms with Crippen LogP contribution in [0, 0.1) is 0 Å². The van der Waals surface area contributed by atoms with E-state index in [1.807, 2.05) is 25.1 Å². The highest BCUT2D eigenvalue weighted by Gasteiger charge is 2.10. The number of para-hydroxylation sites is 1. The Morgan fingerprint density at radius 3 is 2.35 bits per heavy atom. The van der Waals surface area contributed by atoms with Gasteiger partial charge < -0.3 is 10.6 Å². The van der Waals surface area contributed by atoms with Crippen LogP contribution in [0.3, 0.4) is 0 Å². The molecular weight excluding hydrogens is 314 g/mol. The van der Waals surface area contributed by atoms with Crippen molar-refractivity contribution in [2.24, 2.45) is 0 Å². The molecule has 3 amide bonds. The van der Waals surface area contributed by atoms with Crippen LogP contribution in [0.1, 0.15) is 18.5 Å². The number of carbonyl (C=O) groups is 2. The predicted molar refractivity (Wildman–Crippen MR) is 91.5 cm³/mol. The van der Waals surface area contributed by atoms with Gasteiger partial charge in [0.2, 0.25) is 5.91 Å². The molecule has 3 N–H and O–H groups in total. The maximum Gasteiger partial charge on any atom is 0.325 e. The van der Waals surface area contributed by atoms with Crippen molar-refractivity contribution >= 4 is 29.2 Å². The number of imide groups is 1. The van der Waals surface area contributed by atoms with Gasteiger partial charge in [0.05, 0.1) is 6.54 Å². The van der Waals surface area contributed by atoms with Crippen molar-refractivity contribution in [1.29, 1.82) is 0 Å². The van der Waals surface area contributed by atoms with E-state index in [2.05, 4.69) is 16.0 Å². The summed E-state index contributed by atoms with van der Waals surface area (Å²) in [7, 11) is 0. The Balaban J connectivity index is 1.76. The molecule has 0 bridgehead atoms. The van der Waals surface area contributed by atoms with Crippen molar-refractivity contribution in [1.82, 2.24) is 10.6 Å². The molecular formula is C17H18ClN3O2. The van der Waals surface area contributed by atoms with Crippen LogP contribution in [-0.2, 0) is 4.79 Å². The Kier molecular flexibility index (Phi) is 6.14. The molecule has 0 fully saturated rings. The van der Waals surface area contributed by atoms with Crippen molar-refractivity contribution in [3.05, 3.63) is 65.2 Å². The predicted octanol–water partition coefficient (Wildman–Crippen LogP) is 3.34. The van der Waals surface area contributed by atoms with Crippen molar-refractivity contribution in [3.63, 3.8) is 0 Å². The second kappa shape index (κ2) is 8.31. The van der Waals surface area contributed by atoms with Gasteiger partial charge in [-0.3, -0.25) is 10.1 Å². The fraction of sp³-hybridized carbons (Fsp3) is 0.176. The Labute approximate surface area is 140 Å². The third kappa shape index (κ3) is 5.73. The van der Waals surface area contributed by atoms with Crippen LogP contribution < -0.4 is 16.0 Å². The summed E-state index contributed by atoms with van der Waals surface area (Å²) in [4.78, 5) is 23.5. The summed E-state index contributed by atoms with van der Waals surface area (Å²) in [5.41, 5.74) is 1.64. The number of hydrogen-bond acceptors (Lipinski definition) is 3. The molecule has 0 heterocycles. The topological polar surface area (TPSA) is 70.2 Å². The van der Waals surface area contributed by atoms with Gasteiger partial charge in [0.15, 0.2) is 0 Å². The van der Waals surface area contributed by atoms with Crippen LogP contribution in [0.5, 0.6) is 0 Å². The van der Waals surface area contributed by atoms with E-state index in [0.29, 0.717) is 10.7 Å². The second-order valence-electron chi connectivity index (χ2n) is 5.02. The van der Waals surface area contributed by atoms with Gasteiger partial charge in [-0.25, -0.2) is 4.79 Å². The molecule has 0 unspecified atom stereocenters. The monoisotopic (exact) mass is 331 g/mol. The number of nitrogens with one attached hydrogen (secondary N) is 3. The normalized spacial score (nSPS) is 11.6. The fourth-order valence-electron chi connectivity index (χ4n) is 1.97. The van der Waals surface area contributed by atoms with Gasteiger partial charge in [-0.15, -0.1) is 0 Å². The van der Waals surface area contributed by atoms with Crippen molar-refractivity contribution in [3.8, 4) is 0 Å². The lowest BCUT2D eigenvalue weighted by Gasteiger charge is -2.14. The molecule has 0 aliphatic heterocycles. The lowest BCUT2D eigenvalue weighted by Crippen LogP contribution is -2.40. The highest BCUT2D eigenvalue weighted by atomic mass is 35.5. The van der Waals surface area contributed by atoms with E-state index in [4.69, 9.17) is 11.6 Å². The molecule has 2 rings (SSSR count). The number of amides is 3. The maximum atomic E-state index is 11.8. The summed E-state index contributed by atoms with van der Waals surface area (Å²) in [6.07, 6.45) is 0. The van der Waals surface area contributed by atoms with E-state index in [0.717, 1.165) is 5.56 Å². The first kappa shape index (κ1) is 17.0. The first-order valence-corrected chi connectivity index (χ1v) is 7.57.